The third-order valence-electron chi connectivity index (χ3n) is 2.80. The zero-order valence-electron chi connectivity index (χ0n) is 10.3. The molecule has 96 valence electrons. The van der Waals surface area contributed by atoms with Crippen LogP contribution in [-0.4, -0.2) is 29.2 Å². The Kier molecular flexibility index (Phi) is 4.41. The molecule has 5 nitrogen and oxygen atoms in total. The van der Waals surface area contributed by atoms with Gasteiger partial charge in [-0.3, -0.25) is 4.98 Å². The lowest BCUT2D eigenvalue weighted by molar-refractivity contribution is 0.0524. The van der Waals surface area contributed by atoms with Crippen LogP contribution < -0.4 is 0 Å². The third kappa shape index (κ3) is 3.13. The van der Waals surface area contributed by atoms with Crippen LogP contribution in [0.3, 0.4) is 0 Å². The van der Waals surface area contributed by atoms with Gasteiger partial charge < -0.3 is 9.47 Å². The van der Waals surface area contributed by atoms with E-state index in [1.165, 1.54) is 13.3 Å². The molecule has 0 radical (unpaired) electrons. The second-order valence-electron chi connectivity index (χ2n) is 4.05. The van der Waals surface area contributed by atoms with Crippen molar-refractivity contribution < 1.29 is 14.3 Å². The highest BCUT2D eigenvalue weighted by molar-refractivity contribution is 5.88. The van der Waals surface area contributed by atoms with Crippen molar-refractivity contribution in [2.24, 2.45) is 0 Å². The maximum Gasteiger partial charge on any atom is 0.358 e. The largest absolute Gasteiger partial charge is 0.464 e. The first-order valence-corrected chi connectivity index (χ1v) is 5.97. The Bertz CT molecular complexity index is 446. The Morgan fingerprint density at radius 3 is 3.00 bits per heavy atom. The smallest absolute Gasteiger partial charge is 0.358 e. The number of aromatic nitrogens is 2. The predicted molar refractivity (Wildman–Crippen MR) is 64.9 cm³/mol. The molecule has 0 aliphatic heterocycles. The topological polar surface area (TPSA) is 61.3 Å². The number of hydrogen-bond acceptors (Lipinski definition) is 5. The average Bonchev–Trinajstić information content (AvgIpc) is 2.45. The zero-order valence-corrected chi connectivity index (χ0v) is 10.3. The number of nitrogens with zero attached hydrogens (tertiary/aromatic N) is 2. The Morgan fingerprint density at radius 1 is 1.44 bits per heavy atom. The van der Waals surface area contributed by atoms with E-state index in [0.29, 0.717) is 5.69 Å². The fourth-order valence-corrected chi connectivity index (χ4v) is 1.85. The molecular formula is C13H16N2O3. The van der Waals surface area contributed by atoms with Crippen molar-refractivity contribution in [1.82, 2.24) is 9.97 Å². The van der Waals surface area contributed by atoms with Gasteiger partial charge in [0, 0.05) is 12.4 Å². The minimum absolute atomic E-state index is 0.103. The zero-order chi connectivity index (χ0) is 12.8. The monoisotopic (exact) mass is 248 g/mol. The van der Waals surface area contributed by atoms with Crippen molar-refractivity contribution in [3.8, 4) is 0 Å². The first-order valence-electron chi connectivity index (χ1n) is 5.97. The molecule has 2 rings (SSSR count). The number of hydrogen-bond donors (Lipinski definition) is 0. The molecule has 1 unspecified atom stereocenters. The van der Waals surface area contributed by atoms with E-state index in [4.69, 9.17) is 4.74 Å². The molecule has 0 amide bonds. The molecule has 0 bridgehead atoms. The number of carbonyl (C=O) groups excluding carboxylic acids is 1. The molecule has 1 atom stereocenters. The number of ether oxygens (including phenoxy) is 2. The molecule has 1 aliphatic rings. The van der Waals surface area contributed by atoms with E-state index in [0.717, 1.165) is 19.3 Å². The van der Waals surface area contributed by atoms with E-state index in [2.05, 4.69) is 26.9 Å². The highest BCUT2D eigenvalue weighted by atomic mass is 16.5. The van der Waals surface area contributed by atoms with Gasteiger partial charge in [-0.15, -0.1) is 0 Å². The molecule has 0 saturated carbocycles. The molecule has 1 aliphatic carbocycles. The van der Waals surface area contributed by atoms with Gasteiger partial charge in [0.1, 0.15) is 0 Å². The van der Waals surface area contributed by atoms with Gasteiger partial charge in [-0.1, -0.05) is 12.2 Å². The molecule has 5 heteroatoms. The van der Waals surface area contributed by atoms with Crippen LogP contribution in [0.2, 0.25) is 0 Å². The molecule has 0 aromatic carbocycles. The predicted octanol–water partition coefficient (Wildman–Crippen LogP) is 1.89. The fraction of sp³-hybridized carbons (Fsp3) is 0.462. The van der Waals surface area contributed by atoms with Gasteiger partial charge in [-0.05, 0) is 19.3 Å². The van der Waals surface area contributed by atoms with Crippen molar-refractivity contribution in [3.63, 3.8) is 0 Å². The second-order valence-corrected chi connectivity index (χ2v) is 4.05. The van der Waals surface area contributed by atoms with Crippen LogP contribution in [0, 0.1) is 0 Å². The lowest BCUT2D eigenvalue weighted by Gasteiger charge is -2.17. The van der Waals surface area contributed by atoms with E-state index >= 15 is 0 Å². The molecule has 0 N–H and O–H groups in total. The van der Waals surface area contributed by atoms with Gasteiger partial charge >= 0.3 is 5.97 Å². The van der Waals surface area contributed by atoms with Crippen molar-refractivity contribution in [1.29, 1.82) is 0 Å². The normalized spacial score (nSPS) is 18.6. The van der Waals surface area contributed by atoms with Crippen LogP contribution >= 0.6 is 0 Å². The highest BCUT2D eigenvalue weighted by Crippen LogP contribution is 2.15. The van der Waals surface area contributed by atoms with Gasteiger partial charge in [0.25, 0.3) is 0 Å². The minimum Gasteiger partial charge on any atom is -0.464 e. The first kappa shape index (κ1) is 12.7. The summed E-state index contributed by atoms with van der Waals surface area (Å²) in [5.74, 6) is -0.485. The summed E-state index contributed by atoms with van der Waals surface area (Å²) in [6.45, 7) is 0.271. The fourth-order valence-electron chi connectivity index (χ4n) is 1.85. The van der Waals surface area contributed by atoms with Crippen molar-refractivity contribution in [2.45, 2.75) is 32.0 Å². The number of rotatable bonds is 4. The minimum atomic E-state index is -0.485. The summed E-state index contributed by atoms with van der Waals surface area (Å²) in [4.78, 5) is 19.6. The van der Waals surface area contributed by atoms with Gasteiger partial charge in [-0.25, -0.2) is 9.78 Å². The Labute approximate surface area is 106 Å². The first-order chi connectivity index (χ1) is 8.81. The lowest BCUT2D eigenvalue weighted by atomic mass is 10.1. The number of methoxy groups -OCH3 is 1. The molecule has 18 heavy (non-hydrogen) atoms. The highest BCUT2D eigenvalue weighted by Gasteiger charge is 2.16. The molecular weight excluding hydrogens is 232 g/mol. The average molecular weight is 248 g/mol. The van der Waals surface area contributed by atoms with Crippen LogP contribution in [0.5, 0.6) is 0 Å². The van der Waals surface area contributed by atoms with E-state index < -0.39 is 5.97 Å². The molecule has 1 aromatic heterocycles. The lowest BCUT2D eigenvalue weighted by Crippen LogP contribution is -2.16. The van der Waals surface area contributed by atoms with E-state index in [1.807, 2.05) is 0 Å². The summed E-state index contributed by atoms with van der Waals surface area (Å²) >= 11 is 0. The maximum absolute atomic E-state index is 11.5. The van der Waals surface area contributed by atoms with E-state index in [-0.39, 0.29) is 18.4 Å². The summed E-state index contributed by atoms with van der Waals surface area (Å²) in [6, 6.07) is 0. The van der Waals surface area contributed by atoms with Crippen LogP contribution in [0.15, 0.2) is 24.5 Å². The van der Waals surface area contributed by atoms with Crippen molar-refractivity contribution in [2.75, 3.05) is 7.11 Å². The van der Waals surface area contributed by atoms with Crippen LogP contribution in [0.4, 0.5) is 0 Å². The van der Waals surface area contributed by atoms with Gasteiger partial charge in [0.15, 0.2) is 5.69 Å². The summed E-state index contributed by atoms with van der Waals surface area (Å²) < 4.78 is 10.4. The van der Waals surface area contributed by atoms with E-state index in [9.17, 15) is 4.79 Å². The van der Waals surface area contributed by atoms with E-state index in [1.54, 1.807) is 6.20 Å². The van der Waals surface area contributed by atoms with Crippen LogP contribution in [0.1, 0.15) is 35.4 Å². The molecule has 0 saturated heterocycles. The van der Waals surface area contributed by atoms with Gasteiger partial charge in [0.2, 0.25) is 0 Å². The maximum atomic E-state index is 11.5. The van der Waals surface area contributed by atoms with Crippen molar-refractivity contribution in [3.05, 3.63) is 35.9 Å². The van der Waals surface area contributed by atoms with Gasteiger partial charge in [0.05, 0.1) is 25.5 Å². The standard InChI is InChI=1S/C13H16N2O3/c1-17-13(16)12-11(14-7-8-15-12)9-18-10-5-3-2-4-6-10/h3,5,7-8,10H,2,4,6,9H2,1H3. The molecule has 0 spiro atoms. The Morgan fingerprint density at radius 2 is 2.28 bits per heavy atom. The summed E-state index contributed by atoms with van der Waals surface area (Å²) in [5, 5.41) is 0. The summed E-state index contributed by atoms with van der Waals surface area (Å²) in [5.41, 5.74) is 0.739. The SMILES string of the molecule is COC(=O)c1nccnc1COC1C=CCCC1. The molecule has 1 aromatic rings. The van der Waals surface area contributed by atoms with Crippen LogP contribution in [-0.2, 0) is 16.1 Å². The molecule has 1 heterocycles. The number of allylic oxidation sites excluding steroid dienone is 1. The number of esters is 1. The summed E-state index contributed by atoms with van der Waals surface area (Å²) in [6.07, 6.45) is 10.5. The molecule has 0 fully saturated rings. The second kappa shape index (κ2) is 6.26. The quantitative estimate of drug-likeness (QED) is 0.601. The van der Waals surface area contributed by atoms with Crippen LogP contribution in [0.25, 0.3) is 0 Å². The van der Waals surface area contributed by atoms with Crippen molar-refractivity contribution >= 4 is 5.97 Å². The Hall–Kier alpha value is -1.75. The Balaban J connectivity index is 2.02. The van der Waals surface area contributed by atoms with Gasteiger partial charge in [-0.2, -0.15) is 0 Å². The number of carbonyl (C=O) groups is 1. The third-order valence-corrected chi connectivity index (χ3v) is 2.80. The summed E-state index contributed by atoms with van der Waals surface area (Å²) in [7, 11) is 1.32.